The average molecular weight is 309 g/mol. The monoisotopic (exact) mass is 308 g/mol. The summed E-state index contributed by atoms with van der Waals surface area (Å²) < 4.78 is 0. The van der Waals surface area contributed by atoms with Crippen molar-refractivity contribution in [2.75, 3.05) is 0 Å². The van der Waals surface area contributed by atoms with E-state index >= 15 is 0 Å². The molecular weight excluding hydrogens is 276 g/mol. The highest BCUT2D eigenvalue weighted by molar-refractivity contribution is 5.67. The molecule has 0 aliphatic heterocycles. The highest BCUT2D eigenvalue weighted by atomic mass is 14.1. The van der Waals surface area contributed by atoms with Crippen LogP contribution >= 0.6 is 0 Å². The number of rotatable bonds is 11. The zero-order chi connectivity index (χ0) is 16.2. The van der Waals surface area contributed by atoms with Crippen LogP contribution in [0.2, 0.25) is 0 Å². The Balaban J connectivity index is 1.70. The van der Waals surface area contributed by atoms with Gasteiger partial charge >= 0.3 is 0 Å². The maximum absolute atomic E-state index is 2.30. The Hall–Kier alpha value is -1.56. The largest absolute Gasteiger partial charge is 0.0654 e. The summed E-state index contributed by atoms with van der Waals surface area (Å²) in [4.78, 5) is 0. The lowest BCUT2D eigenvalue weighted by atomic mass is 9.95. The minimum Gasteiger partial charge on any atom is -0.0654 e. The fourth-order valence-electron chi connectivity index (χ4n) is 3.26. The second kappa shape index (κ2) is 11.0. The quantitative estimate of drug-likeness (QED) is 0.379. The van der Waals surface area contributed by atoms with E-state index in [1.807, 2.05) is 0 Å². The molecule has 0 nitrogen and oxygen atoms in total. The van der Waals surface area contributed by atoms with Gasteiger partial charge in [0.2, 0.25) is 0 Å². The van der Waals surface area contributed by atoms with Gasteiger partial charge in [0.15, 0.2) is 0 Å². The molecule has 0 N–H and O–H groups in total. The van der Waals surface area contributed by atoms with Crippen LogP contribution in [-0.4, -0.2) is 0 Å². The molecule has 23 heavy (non-hydrogen) atoms. The molecule has 0 saturated carbocycles. The van der Waals surface area contributed by atoms with Crippen molar-refractivity contribution >= 4 is 0 Å². The Morgan fingerprint density at radius 1 is 0.565 bits per heavy atom. The van der Waals surface area contributed by atoms with Crippen molar-refractivity contribution in [1.82, 2.24) is 0 Å². The van der Waals surface area contributed by atoms with Crippen molar-refractivity contribution in [3.8, 4) is 11.1 Å². The Labute approximate surface area is 143 Å². The summed E-state index contributed by atoms with van der Waals surface area (Å²) in [6, 6.07) is 19.7. The second-order valence-electron chi connectivity index (χ2n) is 6.60. The topological polar surface area (TPSA) is 0 Å². The van der Waals surface area contributed by atoms with Crippen LogP contribution in [0.15, 0.2) is 54.6 Å². The van der Waals surface area contributed by atoms with Gasteiger partial charge in [0.25, 0.3) is 0 Å². The molecule has 0 amide bonds. The Kier molecular flexibility index (Phi) is 8.55. The average Bonchev–Trinajstić information content (AvgIpc) is 2.61. The smallest absolute Gasteiger partial charge is 0.0152 e. The van der Waals surface area contributed by atoms with Crippen LogP contribution in [-0.2, 0) is 6.42 Å². The van der Waals surface area contributed by atoms with Gasteiger partial charge in [0.1, 0.15) is 0 Å². The summed E-state index contributed by atoms with van der Waals surface area (Å²) in [5.74, 6) is 0. The maximum atomic E-state index is 2.30. The molecule has 124 valence electrons. The standard InChI is InChI=1S/C23H32/c1-2-3-4-5-6-7-8-9-11-16-22-19-14-15-20-23(22)21-17-12-10-13-18-21/h10,12-15,17-20H,2-9,11,16H2,1H3. The SMILES string of the molecule is CCCCCCCCCCCc1ccccc1-c1ccccc1. The van der Waals surface area contributed by atoms with Crippen molar-refractivity contribution in [2.24, 2.45) is 0 Å². The second-order valence-corrected chi connectivity index (χ2v) is 6.60. The fraction of sp³-hybridized carbons (Fsp3) is 0.478. The molecule has 0 unspecified atom stereocenters. The van der Waals surface area contributed by atoms with Crippen LogP contribution in [0.5, 0.6) is 0 Å². The molecule has 0 spiro atoms. The highest BCUT2D eigenvalue weighted by Crippen LogP contribution is 2.25. The Morgan fingerprint density at radius 3 is 1.83 bits per heavy atom. The highest BCUT2D eigenvalue weighted by Gasteiger charge is 2.03. The minimum absolute atomic E-state index is 1.21. The van der Waals surface area contributed by atoms with E-state index < -0.39 is 0 Å². The van der Waals surface area contributed by atoms with Crippen molar-refractivity contribution in [3.05, 3.63) is 60.2 Å². The number of hydrogen-bond acceptors (Lipinski definition) is 0. The van der Waals surface area contributed by atoms with Crippen LogP contribution in [0.4, 0.5) is 0 Å². The summed E-state index contributed by atoms with van der Waals surface area (Å²) in [5, 5.41) is 0. The van der Waals surface area contributed by atoms with Gasteiger partial charge in [-0.3, -0.25) is 0 Å². The number of hydrogen-bond donors (Lipinski definition) is 0. The molecule has 2 aromatic carbocycles. The third-order valence-corrected chi connectivity index (χ3v) is 4.65. The first-order chi connectivity index (χ1) is 11.4. The third kappa shape index (κ3) is 6.60. The number of benzene rings is 2. The fourth-order valence-corrected chi connectivity index (χ4v) is 3.26. The van der Waals surface area contributed by atoms with Crippen LogP contribution in [0.3, 0.4) is 0 Å². The maximum Gasteiger partial charge on any atom is -0.0152 e. The molecule has 0 radical (unpaired) electrons. The van der Waals surface area contributed by atoms with Crippen LogP contribution in [0.1, 0.15) is 70.3 Å². The molecule has 0 bridgehead atoms. The molecule has 2 aromatic rings. The molecular formula is C23H32. The first-order valence-corrected chi connectivity index (χ1v) is 9.55. The van der Waals surface area contributed by atoms with Crippen molar-refractivity contribution in [1.29, 1.82) is 0 Å². The summed E-state index contributed by atoms with van der Waals surface area (Å²) in [6.45, 7) is 2.29. The molecule has 2 rings (SSSR count). The van der Waals surface area contributed by atoms with Crippen molar-refractivity contribution in [2.45, 2.75) is 71.1 Å². The van der Waals surface area contributed by atoms with Gasteiger partial charge in [-0.05, 0) is 29.5 Å². The van der Waals surface area contributed by atoms with Gasteiger partial charge in [0.05, 0.1) is 0 Å². The molecule has 0 saturated heterocycles. The zero-order valence-corrected chi connectivity index (χ0v) is 14.8. The normalized spacial score (nSPS) is 10.8. The van der Waals surface area contributed by atoms with E-state index in [-0.39, 0.29) is 0 Å². The first-order valence-electron chi connectivity index (χ1n) is 9.55. The molecule has 0 aliphatic carbocycles. The van der Waals surface area contributed by atoms with E-state index in [0.717, 1.165) is 0 Å². The number of aryl methyl sites for hydroxylation is 1. The van der Waals surface area contributed by atoms with Gasteiger partial charge < -0.3 is 0 Å². The molecule has 0 aliphatic rings. The van der Waals surface area contributed by atoms with E-state index in [1.165, 1.54) is 80.9 Å². The summed E-state index contributed by atoms with van der Waals surface area (Å²) in [6.07, 6.45) is 13.8. The van der Waals surface area contributed by atoms with E-state index in [1.54, 1.807) is 0 Å². The molecule has 0 fully saturated rings. The predicted molar refractivity (Wildman–Crippen MR) is 103 cm³/mol. The zero-order valence-electron chi connectivity index (χ0n) is 14.8. The van der Waals surface area contributed by atoms with Gasteiger partial charge in [-0.15, -0.1) is 0 Å². The summed E-state index contributed by atoms with van der Waals surface area (Å²) in [7, 11) is 0. The predicted octanol–water partition coefficient (Wildman–Crippen LogP) is 7.43. The summed E-state index contributed by atoms with van der Waals surface area (Å²) in [5.41, 5.74) is 4.26. The van der Waals surface area contributed by atoms with Gasteiger partial charge in [0, 0.05) is 0 Å². The molecule has 0 atom stereocenters. The van der Waals surface area contributed by atoms with Crippen molar-refractivity contribution in [3.63, 3.8) is 0 Å². The van der Waals surface area contributed by atoms with Gasteiger partial charge in [-0.25, -0.2) is 0 Å². The first kappa shape index (κ1) is 17.8. The van der Waals surface area contributed by atoms with E-state index in [2.05, 4.69) is 61.5 Å². The van der Waals surface area contributed by atoms with E-state index in [9.17, 15) is 0 Å². The van der Waals surface area contributed by atoms with Crippen LogP contribution in [0.25, 0.3) is 11.1 Å². The molecule has 0 heterocycles. The third-order valence-electron chi connectivity index (χ3n) is 4.65. The molecule has 0 aromatic heterocycles. The van der Waals surface area contributed by atoms with Crippen LogP contribution < -0.4 is 0 Å². The van der Waals surface area contributed by atoms with E-state index in [4.69, 9.17) is 0 Å². The Bertz CT molecular complexity index is 527. The lowest BCUT2D eigenvalue weighted by Gasteiger charge is -2.09. The summed E-state index contributed by atoms with van der Waals surface area (Å²) >= 11 is 0. The molecule has 0 heteroatoms. The van der Waals surface area contributed by atoms with Crippen molar-refractivity contribution < 1.29 is 0 Å². The van der Waals surface area contributed by atoms with Gasteiger partial charge in [-0.2, -0.15) is 0 Å². The van der Waals surface area contributed by atoms with E-state index in [0.29, 0.717) is 0 Å². The Morgan fingerprint density at radius 2 is 1.13 bits per heavy atom. The van der Waals surface area contributed by atoms with Crippen LogP contribution in [0, 0.1) is 0 Å². The lowest BCUT2D eigenvalue weighted by Crippen LogP contribution is -1.91. The number of unbranched alkanes of at least 4 members (excludes halogenated alkanes) is 8. The van der Waals surface area contributed by atoms with Gasteiger partial charge in [-0.1, -0.05) is 113 Å². The lowest BCUT2D eigenvalue weighted by molar-refractivity contribution is 0.565. The minimum atomic E-state index is 1.21.